The molecule has 0 radical (unpaired) electrons. The molecule has 3 atom stereocenters. The number of aromatic amines is 1. The van der Waals surface area contributed by atoms with E-state index in [-0.39, 0.29) is 13.0 Å². The summed E-state index contributed by atoms with van der Waals surface area (Å²) in [6.07, 6.45) is -0.524. The van der Waals surface area contributed by atoms with Crippen LogP contribution >= 0.6 is 0 Å². The van der Waals surface area contributed by atoms with Gasteiger partial charge in [0.15, 0.2) is 0 Å². The molecule has 1 saturated heterocycles. The van der Waals surface area contributed by atoms with Gasteiger partial charge in [-0.3, -0.25) is 4.57 Å². The Hall–Kier alpha value is -6.60. The van der Waals surface area contributed by atoms with E-state index >= 15 is 0 Å². The molecule has 0 spiro atoms. The Morgan fingerprint density at radius 3 is 1.95 bits per heavy atom. The summed E-state index contributed by atoms with van der Waals surface area (Å²) in [7, 11) is 7.24. The predicted molar refractivity (Wildman–Crippen MR) is 224 cm³/mol. The lowest BCUT2D eigenvalue weighted by Gasteiger charge is -2.37. The molecule has 1 aliphatic rings. The number of aliphatic hydroxyl groups is 1. The van der Waals surface area contributed by atoms with E-state index in [4.69, 9.17) is 18.9 Å². The standard InChI is InChI=1S/C46H44N6O6/c1-51(2)37-20-18-36(19-21-37)50-49-35-16-10-30(11-17-35)40-26-31-28-52(45(54)48-44(31)47-40)43-27-41(53)42(58-43)29-57-46(32-8-6-5-7-9-32,33-12-22-38(55-3)23-13-33)34-14-24-39(56-4)25-15-34/h5-26,28,41-43,53H,27,29H2,1-4H3,(H,47,48,54)/t41-,42+,43+/m0/s1. The maximum Gasteiger partial charge on any atom is 0.351 e. The first-order valence-electron chi connectivity index (χ1n) is 19.0. The highest BCUT2D eigenvalue weighted by molar-refractivity contribution is 5.82. The lowest BCUT2D eigenvalue weighted by Crippen LogP contribution is -2.38. The number of methoxy groups -OCH3 is 2. The van der Waals surface area contributed by atoms with Crippen LogP contribution in [0, 0.1) is 0 Å². The highest BCUT2D eigenvalue weighted by Crippen LogP contribution is 2.43. The van der Waals surface area contributed by atoms with Crippen molar-refractivity contribution in [2.45, 2.75) is 30.5 Å². The van der Waals surface area contributed by atoms with E-state index in [1.165, 1.54) is 4.57 Å². The molecule has 1 fully saturated rings. The van der Waals surface area contributed by atoms with Gasteiger partial charge in [-0.05, 0) is 89.0 Å². The fraction of sp³-hybridized carbons (Fsp3) is 0.217. The molecule has 3 heterocycles. The Balaban J connectivity index is 1.02. The van der Waals surface area contributed by atoms with E-state index in [1.807, 2.05) is 152 Å². The Kier molecular flexibility index (Phi) is 10.9. The van der Waals surface area contributed by atoms with E-state index in [2.05, 4.69) is 20.2 Å². The van der Waals surface area contributed by atoms with Gasteiger partial charge in [0.25, 0.3) is 0 Å². The second kappa shape index (κ2) is 16.5. The largest absolute Gasteiger partial charge is 0.497 e. The number of H-pyrrole nitrogens is 1. The van der Waals surface area contributed by atoms with Crippen molar-refractivity contribution in [3.63, 3.8) is 0 Å². The Morgan fingerprint density at radius 2 is 1.38 bits per heavy atom. The van der Waals surface area contributed by atoms with Crippen LogP contribution in [0.3, 0.4) is 0 Å². The number of nitrogens with zero attached hydrogens (tertiary/aromatic N) is 5. The van der Waals surface area contributed by atoms with Gasteiger partial charge < -0.3 is 33.9 Å². The van der Waals surface area contributed by atoms with Crippen molar-refractivity contribution in [1.29, 1.82) is 0 Å². The molecule has 2 aromatic heterocycles. The fourth-order valence-electron chi connectivity index (χ4n) is 7.33. The van der Waals surface area contributed by atoms with Crippen LogP contribution in [0.2, 0.25) is 0 Å². The number of aliphatic hydroxyl groups excluding tert-OH is 1. The molecule has 0 amide bonds. The van der Waals surface area contributed by atoms with E-state index in [0.717, 1.165) is 44.7 Å². The SMILES string of the molecule is COc1ccc(C(OC[C@H]2O[C@@H](n3cc4cc(-c5ccc(N=Nc6ccc(N(C)C)cc6)cc5)[nH]c4nc3=O)C[C@@H]2O)(c2ccccc2)c2ccc(OC)cc2)cc1. The molecule has 8 rings (SSSR count). The molecule has 7 aromatic rings. The lowest BCUT2D eigenvalue weighted by molar-refractivity contribution is -0.0943. The van der Waals surface area contributed by atoms with Crippen LogP contribution < -0.4 is 20.1 Å². The molecule has 294 valence electrons. The first-order valence-corrected chi connectivity index (χ1v) is 19.0. The predicted octanol–water partition coefficient (Wildman–Crippen LogP) is 8.55. The number of azo groups is 1. The number of ether oxygens (including phenoxy) is 4. The number of benzene rings is 5. The Bertz CT molecular complexity index is 2510. The van der Waals surface area contributed by atoms with Gasteiger partial charge in [0.2, 0.25) is 0 Å². The second-order valence-electron chi connectivity index (χ2n) is 14.3. The molecule has 0 saturated carbocycles. The van der Waals surface area contributed by atoms with E-state index in [9.17, 15) is 9.90 Å². The third-order valence-corrected chi connectivity index (χ3v) is 10.5. The van der Waals surface area contributed by atoms with Gasteiger partial charge in [-0.2, -0.15) is 15.2 Å². The number of fused-ring (bicyclic) bond motifs is 1. The third-order valence-electron chi connectivity index (χ3n) is 10.5. The van der Waals surface area contributed by atoms with Crippen molar-refractivity contribution in [2.24, 2.45) is 10.2 Å². The normalized spacial score (nSPS) is 16.9. The monoisotopic (exact) mass is 776 g/mol. The summed E-state index contributed by atoms with van der Waals surface area (Å²) in [5.74, 6) is 1.42. The fourth-order valence-corrected chi connectivity index (χ4v) is 7.33. The highest BCUT2D eigenvalue weighted by atomic mass is 16.6. The number of rotatable bonds is 13. The van der Waals surface area contributed by atoms with Crippen molar-refractivity contribution < 1.29 is 24.1 Å². The summed E-state index contributed by atoms with van der Waals surface area (Å²) in [4.78, 5) is 23.1. The molecule has 12 heteroatoms. The van der Waals surface area contributed by atoms with Crippen LogP contribution in [0.1, 0.15) is 29.3 Å². The molecule has 0 aliphatic carbocycles. The third kappa shape index (κ3) is 7.72. The number of hydrogen-bond donors (Lipinski definition) is 2. The van der Waals surface area contributed by atoms with Crippen LogP contribution in [0.15, 0.2) is 155 Å². The van der Waals surface area contributed by atoms with Crippen molar-refractivity contribution >= 4 is 28.1 Å². The first-order chi connectivity index (χ1) is 28.2. The number of hydrogen-bond acceptors (Lipinski definition) is 10. The van der Waals surface area contributed by atoms with Gasteiger partial charge in [-0.1, -0.05) is 66.7 Å². The summed E-state index contributed by atoms with van der Waals surface area (Å²) in [6, 6.07) is 42.8. The smallest absolute Gasteiger partial charge is 0.351 e. The molecule has 1 aliphatic heterocycles. The quantitative estimate of drug-likeness (QED) is 0.0879. The zero-order valence-electron chi connectivity index (χ0n) is 32.6. The molecule has 2 N–H and O–H groups in total. The summed E-state index contributed by atoms with van der Waals surface area (Å²) in [5.41, 5.74) is 5.69. The summed E-state index contributed by atoms with van der Waals surface area (Å²) < 4.78 is 25.8. The summed E-state index contributed by atoms with van der Waals surface area (Å²) in [5, 5.41) is 20.9. The topological polar surface area (TPSA) is 136 Å². The van der Waals surface area contributed by atoms with Crippen LogP contribution in [0.25, 0.3) is 22.3 Å². The molecule has 12 nitrogen and oxygen atoms in total. The average Bonchev–Trinajstić information content (AvgIpc) is 3.86. The minimum absolute atomic E-state index is 0.0155. The molecule has 58 heavy (non-hydrogen) atoms. The zero-order valence-corrected chi connectivity index (χ0v) is 32.6. The first kappa shape index (κ1) is 38.3. The molecule has 0 bridgehead atoms. The van der Waals surface area contributed by atoms with Gasteiger partial charge in [0, 0.05) is 43.5 Å². The van der Waals surface area contributed by atoms with Crippen LogP contribution in [0.5, 0.6) is 11.5 Å². The summed E-state index contributed by atoms with van der Waals surface area (Å²) >= 11 is 0. The number of nitrogens with one attached hydrogen (secondary N) is 1. The van der Waals surface area contributed by atoms with Gasteiger partial charge in [-0.25, -0.2) is 4.79 Å². The Labute approximate surface area is 336 Å². The minimum atomic E-state index is -1.10. The molecular weight excluding hydrogens is 733 g/mol. The zero-order chi connectivity index (χ0) is 40.2. The lowest BCUT2D eigenvalue weighted by atomic mass is 9.80. The maximum absolute atomic E-state index is 13.4. The van der Waals surface area contributed by atoms with Crippen molar-refractivity contribution in [3.8, 4) is 22.8 Å². The van der Waals surface area contributed by atoms with Crippen molar-refractivity contribution in [3.05, 3.63) is 167 Å². The van der Waals surface area contributed by atoms with Crippen molar-refractivity contribution in [2.75, 3.05) is 39.8 Å². The van der Waals surface area contributed by atoms with Crippen LogP contribution in [0.4, 0.5) is 17.1 Å². The minimum Gasteiger partial charge on any atom is -0.497 e. The second-order valence-corrected chi connectivity index (χ2v) is 14.3. The van der Waals surface area contributed by atoms with Crippen molar-refractivity contribution in [1.82, 2.24) is 14.5 Å². The van der Waals surface area contributed by atoms with Gasteiger partial charge >= 0.3 is 5.69 Å². The van der Waals surface area contributed by atoms with E-state index < -0.39 is 29.7 Å². The highest BCUT2D eigenvalue weighted by Gasteiger charge is 2.42. The average molecular weight is 777 g/mol. The number of anilines is 1. The van der Waals surface area contributed by atoms with E-state index in [1.54, 1.807) is 20.4 Å². The van der Waals surface area contributed by atoms with Gasteiger partial charge in [-0.15, -0.1) is 0 Å². The van der Waals surface area contributed by atoms with Crippen LogP contribution in [-0.2, 0) is 15.1 Å². The van der Waals surface area contributed by atoms with Crippen LogP contribution in [-0.4, -0.2) is 66.8 Å². The van der Waals surface area contributed by atoms with E-state index in [0.29, 0.717) is 22.8 Å². The molecule has 0 unspecified atom stereocenters. The Morgan fingerprint density at radius 1 is 0.810 bits per heavy atom. The maximum atomic E-state index is 13.4. The van der Waals surface area contributed by atoms with Gasteiger partial charge in [0.05, 0.1) is 38.3 Å². The molecule has 5 aromatic carbocycles. The number of aromatic nitrogens is 3. The summed E-state index contributed by atoms with van der Waals surface area (Å²) in [6.45, 7) is 0.0155. The molecular formula is C46H44N6O6. The van der Waals surface area contributed by atoms with Gasteiger partial charge in [0.1, 0.15) is 35.1 Å².